The summed E-state index contributed by atoms with van der Waals surface area (Å²) in [7, 11) is 46.2. The molecule has 0 aliphatic carbocycles. The molecule has 0 spiro atoms. The van der Waals surface area contributed by atoms with Crippen molar-refractivity contribution in [1.82, 2.24) is 9.97 Å². The van der Waals surface area contributed by atoms with Crippen molar-refractivity contribution in [2.45, 2.75) is 0 Å². The van der Waals surface area contributed by atoms with Gasteiger partial charge in [-0.15, -0.1) is 49.6 Å². The number of hydrogen-bond donors (Lipinski definition) is 0. The van der Waals surface area contributed by atoms with Crippen LogP contribution in [0.5, 0.6) is 0 Å². The first-order valence-corrected chi connectivity index (χ1v) is 28.0. The molecule has 0 saturated carbocycles. The van der Waals surface area contributed by atoms with Crippen LogP contribution in [-0.4, -0.2) is 167 Å². The molecule has 24 heteroatoms. The van der Waals surface area contributed by atoms with Crippen LogP contribution >= 0.6 is 11.3 Å². The van der Waals surface area contributed by atoms with E-state index in [-0.39, 0.29) is 0 Å². The van der Waals surface area contributed by atoms with Gasteiger partial charge in [0.1, 0.15) is 180 Å². The van der Waals surface area contributed by atoms with Gasteiger partial charge in [0.15, 0.2) is 5.58 Å². The molecule has 3 nitrogen and oxygen atoms in total. The largest absolute Gasteiger partial charge is 0.452 e. The summed E-state index contributed by atoms with van der Waals surface area (Å²) in [6, 6.07) is 24.6. The molecule has 342 valence electrons. The Morgan fingerprint density at radius 3 is 1.33 bits per heavy atom. The predicted molar refractivity (Wildman–Crippen MR) is 398 cm³/mol. The lowest BCUT2D eigenvalue weighted by atomic mass is 9.54. The average molecular weight is 969 g/mol. The second kappa shape index (κ2) is 19.0. The van der Waals surface area contributed by atoms with Gasteiger partial charge in [-0.3, -0.25) is 0 Å². The van der Waals surface area contributed by atoms with E-state index in [1.807, 2.05) is 11.3 Å². The molecule has 0 N–H and O–H groups in total. The molecule has 0 atom stereocenters. The zero-order chi connectivity index (χ0) is 54.4. The Morgan fingerprint density at radius 2 is 0.737 bits per heavy atom. The van der Waals surface area contributed by atoms with Crippen LogP contribution in [0.1, 0.15) is 0 Å². The topological polar surface area (TPSA) is 38.9 Å². The highest BCUT2D eigenvalue weighted by molar-refractivity contribution is 7.28. The number of furan rings is 1. The van der Waals surface area contributed by atoms with Crippen LogP contribution in [0.4, 0.5) is 0 Å². The van der Waals surface area contributed by atoms with Gasteiger partial charge in [-0.05, 0) is 84.6 Å². The van der Waals surface area contributed by atoms with E-state index in [2.05, 4.69) is 224 Å². The molecule has 3 aromatic heterocycles. The smallest absolute Gasteiger partial charge is 0.180 e. The molecule has 76 heavy (non-hydrogen) atoms. The van der Waals surface area contributed by atoms with E-state index in [4.69, 9.17) is 14.4 Å². The average Bonchev–Trinajstić information content (AvgIpc) is 4.02. The molecule has 0 aliphatic rings. The van der Waals surface area contributed by atoms with Crippen LogP contribution in [-0.2, 0) is 0 Å². The van der Waals surface area contributed by atoms with Crippen molar-refractivity contribution >= 4 is 320 Å². The first-order valence-electron chi connectivity index (χ1n) is 27.2. The molecular formula is C52H52B20N2OS. The Morgan fingerprint density at radius 1 is 0.316 bits per heavy atom. The lowest BCUT2D eigenvalue weighted by molar-refractivity contribution is 0.667. The highest BCUT2D eigenvalue weighted by atomic mass is 32.1. The molecule has 8 aromatic carbocycles. The summed E-state index contributed by atoms with van der Waals surface area (Å²) in [4.78, 5) is 9.83. The van der Waals surface area contributed by atoms with Gasteiger partial charge in [0.05, 0.1) is 0 Å². The third kappa shape index (κ3) is 7.60. The third-order valence-electron chi connectivity index (χ3n) is 19.3. The molecule has 0 unspecified atom stereocenters. The number of rotatable bonds is 6. The van der Waals surface area contributed by atoms with E-state index < -0.39 is 0 Å². The highest BCUT2D eigenvalue weighted by Gasteiger charge is 2.26. The number of fused-ring (bicyclic) bond motifs is 6. The van der Waals surface area contributed by atoms with Gasteiger partial charge in [-0.25, -0.2) is 9.97 Å². The lowest BCUT2D eigenvalue weighted by Gasteiger charge is -2.30. The summed E-state index contributed by atoms with van der Waals surface area (Å²) < 4.78 is 9.58. The zero-order valence-electron chi connectivity index (χ0n) is 48.6. The van der Waals surface area contributed by atoms with Gasteiger partial charge < -0.3 is 4.42 Å². The third-order valence-corrected chi connectivity index (χ3v) is 20.7. The monoisotopic (exact) mass is 973 g/mol. The minimum Gasteiger partial charge on any atom is -0.452 e. The van der Waals surface area contributed by atoms with Gasteiger partial charge in [0.25, 0.3) is 0 Å². The first kappa shape index (κ1) is 52.2. The maximum Gasteiger partial charge on any atom is 0.180 e. The van der Waals surface area contributed by atoms with Crippen molar-refractivity contribution in [1.29, 1.82) is 0 Å². The van der Waals surface area contributed by atoms with Gasteiger partial charge in [-0.2, -0.15) is 0 Å². The summed E-state index contributed by atoms with van der Waals surface area (Å²) >= 11 is 1.97. The van der Waals surface area contributed by atoms with Gasteiger partial charge in [0.2, 0.25) is 0 Å². The minimum atomic E-state index is 0.700. The van der Waals surface area contributed by atoms with Crippen molar-refractivity contribution in [2.75, 3.05) is 0 Å². The zero-order valence-corrected chi connectivity index (χ0v) is 49.5. The fourth-order valence-electron chi connectivity index (χ4n) is 13.4. The van der Waals surface area contributed by atoms with Crippen molar-refractivity contribution in [2.24, 2.45) is 0 Å². The molecule has 0 radical (unpaired) electrons. The molecular weight excluding hydrogens is 917 g/mol. The van der Waals surface area contributed by atoms with Crippen LogP contribution in [0.2, 0.25) is 0 Å². The fourth-order valence-corrected chi connectivity index (χ4v) is 15.0. The van der Waals surface area contributed by atoms with E-state index in [0.717, 1.165) is 44.4 Å². The van der Waals surface area contributed by atoms with Crippen LogP contribution < -0.4 is 109 Å². The number of benzene rings is 8. The van der Waals surface area contributed by atoms with Crippen LogP contribution in [0.15, 0.2) is 77.5 Å². The Bertz CT molecular complexity index is 4360. The van der Waals surface area contributed by atoms with Crippen molar-refractivity contribution < 1.29 is 4.42 Å². The maximum absolute atomic E-state index is 6.77. The van der Waals surface area contributed by atoms with E-state index in [0.29, 0.717) is 5.58 Å². The summed E-state index contributed by atoms with van der Waals surface area (Å²) in [5.41, 5.74) is 44.4. The summed E-state index contributed by atoms with van der Waals surface area (Å²) in [5.74, 6) is 0. The molecule has 0 bridgehead atoms. The number of nitrogens with zero attached hydrogens (tertiary/aromatic N) is 2. The predicted octanol–water partition coefficient (Wildman–Crippen LogP) is -20.1. The quantitative estimate of drug-likeness (QED) is 0.156. The fraction of sp³-hybridized carbons (Fsp3) is 0. The van der Waals surface area contributed by atoms with Gasteiger partial charge >= 0.3 is 0 Å². The number of hydrogen-bond acceptors (Lipinski definition) is 4. The summed E-state index contributed by atoms with van der Waals surface area (Å²) in [6.45, 7) is 0. The molecule has 3 heterocycles. The second-order valence-electron chi connectivity index (χ2n) is 22.6. The van der Waals surface area contributed by atoms with E-state index in [1.165, 1.54) is 168 Å². The number of aromatic nitrogens is 2. The second-order valence-corrected chi connectivity index (χ2v) is 23.7. The van der Waals surface area contributed by atoms with Gasteiger partial charge in [0, 0.05) is 20.3 Å². The summed E-state index contributed by atoms with van der Waals surface area (Å²) in [6.07, 6.45) is 1.69. The van der Waals surface area contributed by atoms with Gasteiger partial charge in [-0.1, -0.05) is 120 Å². The van der Waals surface area contributed by atoms with E-state index in [1.54, 1.807) is 6.33 Å². The molecule has 0 saturated heterocycles. The minimum absolute atomic E-state index is 0.700. The standard InChI is InChI=1S/C52H52B20N2OS/c53-28-20(29(54)40(65)35(60)22(28)23-31(56)33(58)24(34(59)32(23)57)25-36(61)42(67)45(70)43(68)37(25)62)16-8-9-19-18(11-16)49-50(75-19)48(73-12-74-49)17-3-1-2-15(10-17)13-4-6-14(7-5-13)21-30(55)41(66)38(63)26-27-39(64)44(69)46(71)47(72)52(27)76-51(21)26/h1-12H,53-72H2. The maximum atomic E-state index is 6.77. The lowest BCUT2D eigenvalue weighted by Crippen LogP contribution is -2.57. The van der Waals surface area contributed by atoms with Crippen molar-refractivity contribution in [3.63, 3.8) is 0 Å². The van der Waals surface area contributed by atoms with E-state index >= 15 is 0 Å². The first-order chi connectivity index (χ1) is 36.1. The molecule has 0 aliphatic heterocycles. The number of thiophene rings is 1. The Labute approximate surface area is 470 Å². The Hall–Kier alpha value is -5.84. The normalized spacial score (nSPS) is 11.7. The molecule has 11 aromatic rings. The summed E-state index contributed by atoms with van der Waals surface area (Å²) in [5, 5.41) is 3.84. The molecule has 0 fully saturated rings. The SMILES string of the molecule is Bc1c(B)c(B)c(-c2c(B)c(B)c(-c3c(B)c(B)c(B)c(-c4ccc5oc6c(-c7cccc(-c8ccc(-c9c(B)c(B)c(B)c%10c9sc9c(B)c(B)c(B)c(B)c9%10)cc8)c7)ncnc6c5c4)c3B)c(B)c2B)c(B)c1B. The Kier molecular flexibility index (Phi) is 13.0. The van der Waals surface area contributed by atoms with Crippen LogP contribution in [0.3, 0.4) is 0 Å². The van der Waals surface area contributed by atoms with Crippen molar-refractivity contribution in [3.05, 3.63) is 73.1 Å². The molecule has 11 rings (SSSR count). The van der Waals surface area contributed by atoms with Crippen molar-refractivity contribution in [3.8, 4) is 66.9 Å². The Balaban J connectivity index is 0.980. The molecule has 0 amide bonds. The highest BCUT2D eigenvalue weighted by Crippen LogP contribution is 2.39. The van der Waals surface area contributed by atoms with Crippen LogP contribution in [0, 0.1) is 0 Å². The van der Waals surface area contributed by atoms with Crippen LogP contribution in [0.25, 0.3) is 109 Å². The van der Waals surface area contributed by atoms with E-state index in [9.17, 15) is 0 Å².